The molecule has 108 valence electrons. The molecule has 0 amide bonds. The molecular weight excluding hydrogens is 248 g/mol. The summed E-state index contributed by atoms with van der Waals surface area (Å²) in [6, 6.07) is 7.77. The summed E-state index contributed by atoms with van der Waals surface area (Å²) in [6.45, 7) is 6.61. The van der Waals surface area contributed by atoms with Gasteiger partial charge < -0.3 is 4.74 Å². The Morgan fingerprint density at radius 1 is 1.25 bits per heavy atom. The summed E-state index contributed by atoms with van der Waals surface area (Å²) < 4.78 is 5.21. The van der Waals surface area contributed by atoms with Crippen LogP contribution in [0.5, 0.6) is 5.75 Å². The fourth-order valence-corrected chi connectivity index (χ4v) is 1.81. The highest BCUT2D eigenvalue weighted by molar-refractivity contribution is 5.53. The second-order valence-electron chi connectivity index (χ2n) is 5.24. The fraction of sp³-hybridized carbons (Fsp3) is 0.389. The summed E-state index contributed by atoms with van der Waals surface area (Å²) >= 11 is 0. The van der Waals surface area contributed by atoms with Gasteiger partial charge in [0.15, 0.2) is 6.29 Å². The van der Waals surface area contributed by atoms with Crippen molar-refractivity contribution in [1.82, 2.24) is 0 Å². The van der Waals surface area contributed by atoms with Crippen LogP contribution >= 0.6 is 0 Å². The molecule has 1 unspecified atom stereocenters. The molecule has 0 radical (unpaired) electrons. The lowest BCUT2D eigenvalue weighted by molar-refractivity contribution is -0.109. The Bertz CT molecular complexity index is 451. The predicted octanol–water partition coefficient (Wildman–Crippen LogP) is 4.66. The van der Waals surface area contributed by atoms with Gasteiger partial charge in [0, 0.05) is 0 Å². The molecule has 0 fully saturated rings. The van der Waals surface area contributed by atoms with Crippen molar-refractivity contribution in [3.8, 4) is 5.75 Å². The molecule has 2 heteroatoms. The second kappa shape index (κ2) is 9.13. The number of carbonyl (C=O) groups excluding carboxylic acids is 1. The van der Waals surface area contributed by atoms with E-state index >= 15 is 0 Å². The summed E-state index contributed by atoms with van der Waals surface area (Å²) in [5.41, 5.74) is 2.53. The van der Waals surface area contributed by atoms with Gasteiger partial charge in [0.05, 0.1) is 0 Å². The maximum absolute atomic E-state index is 10.2. The van der Waals surface area contributed by atoms with Gasteiger partial charge in [-0.1, -0.05) is 42.9 Å². The van der Waals surface area contributed by atoms with Gasteiger partial charge in [0.1, 0.15) is 12.4 Å². The highest BCUT2D eigenvalue weighted by Gasteiger charge is 1.96. The first-order chi connectivity index (χ1) is 9.61. The Kier molecular flexibility index (Phi) is 7.41. The van der Waals surface area contributed by atoms with Crippen LogP contribution in [0.1, 0.15) is 39.2 Å². The molecule has 0 heterocycles. The van der Waals surface area contributed by atoms with Gasteiger partial charge in [-0.25, -0.2) is 0 Å². The Hall–Kier alpha value is -1.83. The van der Waals surface area contributed by atoms with E-state index < -0.39 is 0 Å². The van der Waals surface area contributed by atoms with E-state index in [9.17, 15) is 4.79 Å². The third-order valence-electron chi connectivity index (χ3n) is 2.99. The van der Waals surface area contributed by atoms with Gasteiger partial charge in [0.25, 0.3) is 0 Å². The van der Waals surface area contributed by atoms with Crippen molar-refractivity contribution in [2.75, 3.05) is 6.61 Å². The summed E-state index contributed by atoms with van der Waals surface area (Å²) in [5.74, 6) is 1.29. The molecule has 1 rings (SSSR count). The summed E-state index contributed by atoms with van der Waals surface area (Å²) in [7, 11) is 0. The minimum absolute atomic E-state index is 0.108. The average Bonchev–Trinajstić information content (AvgIpc) is 2.43. The number of hydrogen-bond acceptors (Lipinski definition) is 2. The summed E-state index contributed by atoms with van der Waals surface area (Å²) in [5, 5.41) is 0. The van der Waals surface area contributed by atoms with Gasteiger partial charge >= 0.3 is 0 Å². The first-order valence-electron chi connectivity index (χ1n) is 7.10. The molecular formula is C18H24O2. The zero-order valence-electron chi connectivity index (χ0n) is 12.6. The maximum atomic E-state index is 10.2. The standard InChI is InChI=1S/C18H24O2/c1-15(2)5-4-6-16(3)7-8-17-9-11-18(12-10-17)20-14-13-19/h5,7-13,16H,4,6,14H2,1-3H3/b8-7+. The molecule has 0 N–H and O–H groups in total. The van der Waals surface area contributed by atoms with Crippen LogP contribution in [0.15, 0.2) is 42.0 Å². The molecule has 1 aromatic rings. The monoisotopic (exact) mass is 272 g/mol. The first kappa shape index (κ1) is 16.2. The Morgan fingerprint density at radius 2 is 1.95 bits per heavy atom. The number of rotatable bonds is 8. The van der Waals surface area contributed by atoms with Crippen molar-refractivity contribution in [1.29, 1.82) is 0 Å². The van der Waals surface area contributed by atoms with Gasteiger partial charge in [-0.2, -0.15) is 0 Å². The van der Waals surface area contributed by atoms with E-state index in [-0.39, 0.29) is 6.61 Å². The van der Waals surface area contributed by atoms with Crippen LogP contribution in [0.4, 0.5) is 0 Å². The average molecular weight is 272 g/mol. The second-order valence-corrected chi connectivity index (χ2v) is 5.24. The molecule has 0 aliphatic carbocycles. The molecule has 0 saturated carbocycles. The number of aldehydes is 1. The quantitative estimate of drug-likeness (QED) is 0.508. The number of allylic oxidation sites excluding steroid dienone is 3. The maximum Gasteiger partial charge on any atom is 0.157 e. The van der Waals surface area contributed by atoms with Crippen LogP contribution in [0.3, 0.4) is 0 Å². The number of carbonyl (C=O) groups is 1. The van der Waals surface area contributed by atoms with E-state index in [0.29, 0.717) is 5.92 Å². The highest BCUT2D eigenvalue weighted by atomic mass is 16.5. The molecule has 0 spiro atoms. The number of hydrogen-bond donors (Lipinski definition) is 0. The fourth-order valence-electron chi connectivity index (χ4n) is 1.81. The third-order valence-corrected chi connectivity index (χ3v) is 2.99. The molecule has 0 saturated heterocycles. The van der Waals surface area contributed by atoms with Gasteiger partial charge in [-0.3, -0.25) is 4.79 Å². The molecule has 20 heavy (non-hydrogen) atoms. The van der Waals surface area contributed by atoms with Crippen LogP contribution in [0.25, 0.3) is 6.08 Å². The molecule has 1 aromatic carbocycles. The van der Waals surface area contributed by atoms with Crippen molar-refractivity contribution >= 4 is 12.4 Å². The highest BCUT2D eigenvalue weighted by Crippen LogP contribution is 2.15. The van der Waals surface area contributed by atoms with Crippen LogP contribution in [-0.4, -0.2) is 12.9 Å². The zero-order chi connectivity index (χ0) is 14.8. The van der Waals surface area contributed by atoms with E-state index in [0.717, 1.165) is 24.0 Å². The van der Waals surface area contributed by atoms with Gasteiger partial charge in [0.2, 0.25) is 0 Å². The number of benzene rings is 1. The van der Waals surface area contributed by atoms with Crippen molar-refractivity contribution in [3.63, 3.8) is 0 Å². The van der Waals surface area contributed by atoms with Crippen molar-refractivity contribution in [3.05, 3.63) is 47.6 Å². The molecule has 0 aromatic heterocycles. The lowest BCUT2D eigenvalue weighted by Crippen LogP contribution is -1.97. The van der Waals surface area contributed by atoms with Crippen LogP contribution in [0, 0.1) is 5.92 Å². The van der Waals surface area contributed by atoms with Gasteiger partial charge in [-0.05, 0) is 50.3 Å². The van der Waals surface area contributed by atoms with Crippen LogP contribution in [-0.2, 0) is 4.79 Å². The summed E-state index contributed by atoms with van der Waals surface area (Å²) in [6.07, 6.45) is 9.71. The summed E-state index contributed by atoms with van der Waals surface area (Å²) in [4.78, 5) is 10.2. The van der Waals surface area contributed by atoms with Crippen molar-refractivity contribution in [2.45, 2.75) is 33.6 Å². The van der Waals surface area contributed by atoms with E-state index in [1.165, 1.54) is 12.0 Å². The minimum Gasteiger partial charge on any atom is -0.486 e. The first-order valence-corrected chi connectivity index (χ1v) is 7.10. The smallest absolute Gasteiger partial charge is 0.157 e. The molecule has 0 aliphatic heterocycles. The predicted molar refractivity (Wildman–Crippen MR) is 84.9 cm³/mol. The van der Waals surface area contributed by atoms with Crippen LogP contribution in [0.2, 0.25) is 0 Å². The number of ether oxygens (including phenoxy) is 1. The third kappa shape index (κ3) is 6.93. The normalized spacial score (nSPS) is 12.2. The largest absolute Gasteiger partial charge is 0.486 e. The Balaban J connectivity index is 2.44. The minimum atomic E-state index is 0.108. The SMILES string of the molecule is CC(C)=CCCC(C)/C=C/c1ccc(OCC=O)cc1. The van der Waals surface area contributed by atoms with E-state index in [1.54, 1.807) is 0 Å². The Morgan fingerprint density at radius 3 is 2.55 bits per heavy atom. The van der Waals surface area contributed by atoms with E-state index in [2.05, 4.69) is 39.0 Å². The molecule has 2 nitrogen and oxygen atoms in total. The molecule has 0 bridgehead atoms. The van der Waals surface area contributed by atoms with Crippen molar-refractivity contribution in [2.24, 2.45) is 5.92 Å². The zero-order valence-corrected chi connectivity index (χ0v) is 12.6. The lowest BCUT2D eigenvalue weighted by atomic mass is 10.0. The lowest BCUT2D eigenvalue weighted by Gasteiger charge is -2.04. The van der Waals surface area contributed by atoms with E-state index in [1.807, 2.05) is 24.3 Å². The Labute approximate surface area is 122 Å². The van der Waals surface area contributed by atoms with Crippen LogP contribution < -0.4 is 4.74 Å². The topological polar surface area (TPSA) is 26.3 Å². The van der Waals surface area contributed by atoms with Crippen molar-refractivity contribution < 1.29 is 9.53 Å². The van der Waals surface area contributed by atoms with Gasteiger partial charge in [-0.15, -0.1) is 0 Å². The van der Waals surface area contributed by atoms with E-state index in [4.69, 9.17) is 4.74 Å². The molecule has 0 aliphatic rings. The molecule has 1 atom stereocenters.